The number of carbonyl (C=O) groups excluding carboxylic acids is 1. The first-order valence-corrected chi connectivity index (χ1v) is 7.91. The van der Waals surface area contributed by atoms with Crippen LogP contribution in [0.5, 0.6) is 0 Å². The molecule has 1 N–H and O–H groups in total. The Hall–Kier alpha value is -2.56. The second-order valence-corrected chi connectivity index (χ2v) is 5.67. The van der Waals surface area contributed by atoms with Crippen LogP contribution >= 0.6 is 0 Å². The van der Waals surface area contributed by atoms with Crippen LogP contribution in [0.3, 0.4) is 0 Å². The van der Waals surface area contributed by atoms with E-state index >= 15 is 0 Å². The standard InChI is InChI=1S/C18H21N3O2/c1-5-15-17(12(4)23-20-15)18(22)19-14-7-8-16-13(10-14)9-11(3)21(16)6-2/h7-10H,5-6H2,1-4H3,(H,19,22). The number of fused-ring (bicyclic) bond motifs is 1. The third kappa shape index (κ3) is 2.63. The van der Waals surface area contributed by atoms with Crippen LogP contribution in [-0.2, 0) is 13.0 Å². The van der Waals surface area contributed by atoms with Gasteiger partial charge in [0, 0.05) is 28.8 Å². The highest BCUT2D eigenvalue weighted by molar-refractivity contribution is 6.06. The Kier molecular flexibility index (Phi) is 3.94. The first-order chi connectivity index (χ1) is 11.0. The third-order valence-electron chi connectivity index (χ3n) is 4.18. The molecule has 3 rings (SSSR count). The summed E-state index contributed by atoms with van der Waals surface area (Å²) in [5.41, 5.74) is 4.40. The Balaban J connectivity index is 1.92. The van der Waals surface area contributed by atoms with Gasteiger partial charge in [-0.3, -0.25) is 4.79 Å². The molecule has 2 aromatic heterocycles. The van der Waals surface area contributed by atoms with Crippen LogP contribution in [0.1, 0.15) is 41.4 Å². The molecule has 0 saturated carbocycles. The number of hydrogen-bond donors (Lipinski definition) is 1. The SMILES string of the molecule is CCc1noc(C)c1C(=O)Nc1ccc2c(c1)cc(C)n2CC. The number of amides is 1. The van der Waals surface area contributed by atoms with Crippen LogP contribution in [0.4, 0.5) is 5.69 Å². The number of carbonyl (C=O) groups is 1. The van der Waals surface area contributed by atoms with Gasteiger partial charge in [-0.15, -0.1) is 0 Å². The summed E-state index contributed by atoms with van der Waals surface area (Å²) in [6, 6.07) is 8.11. The largest absolute Gasteiger partial charge is 0.361 e. The van der Waals surface area contributed by atoms with Crippen molar-refractivity contribution in [2.45, 2.75) is 40.7 Å². The normalized spacial score (nSPS) is 11.1. The molecule has 0 aliphatic rings. The molecule has 0 atom stereocenters. The molecule has 3 aromatic rings. The molecule has 2 heterocycles. The number of hydrogen-bond acceptors (Lipinski definition) is 3. The van der Waals surface area contributed by atoms with E-state index in [2.05, 4.69) is 35.0 Å². The van der Waals surface area contributed by atoms with E-state index in [1.54, 1.807) is 6.92 Å². The Morgan fingerprint density at radius 3 is 2.74 bits per heavy atom. The lowest BCUT2D eigenvalue weighted by atomic mass is 10.1. The van der Waals surface area contributed by atoms with Gasteiger partial charge in [-0.05, 0) is 51.5 Å². The quantitative estimate of drug-likeness (QED) is 0.789. The molecule has 5 nitrogen and oxygen atoms in total. The maximum absolute atomic E-state index is 12.5. The van der Waals surface area contributed by atoms with E-state index in [9.17, 15) is 4.79 Å². The molecule has 1 aromatic carbocycles. The Morgan fingerprint density at radius 1 is 1.26 bits per heavy atom. The number of rotatable bonds is 4. The van der Waals surface area contributed by atoms with Gasteiger partial charge in [-0.1, -0.05) is 12.1 Å². The van der Waals surface area contributed by atoms with Gasteiger partial charge < -0.3 is 14.4 Å². The summed E-state index contributed by atoms with van der Waals surface area (Å²) in [4.78, 5) is 12.5. The summed E-state index contributed by atoms with van der Waals surface area (Å²) in [6.45, 7) is 8.87. The number of nitrogens with zero attached hydrogens (tertiary/aromatic N) is 2. The number of benzene rings is 1. The number of aryl methyl sites for hydroxylation is 4. The van der Waals surface area contributed by atoms with Crippen molar-refractivity contribution in [2.75, 3.05) is 5.32 Å². The summed E-state index contributed by atoms with van der Waals surface area (Å²) in [5.74, 6) is 0.375. The molecule has 0 bridgehead atoms. The van der Waals surface area contributed by atoms with Gasteiger partial charge in [0.2, 0.25) is 0 Å². The molecular formula is C18H21N3O2. The Labute approximate surface area is 135 Å². The second-order valence-electron chi connectivity index (χ2n) is 5.67. The highest BCUT2D eigenvalue weighted by Crippen LogP contribution is 2.24. The molecular weight excluding hydrogens is 290 g/mol. The summed E-state index contributed by atoms with van der Waals surface area (Å²) in [6.07, 6.45) is 0.664. The van der Waals surface area contributed by atoms with Crippen molar-refractivity contribution in [3.63, 3.8) is 0 Å². The molecule has 0 unspecified atom stereocenters. The first kappa shape index (κ1) is 15.3. The fourth-order valence-corrected chi connectivity index (χ4v) is 3.05. The van der Waals surface area contributed by atoms with E-state index < -0.39 is 0 Å². The summed E-state index contributed by atoms with van der Waals surface area (Å²) < 4.78 is 7.39. The second kappa shape index (κ2) is 5.91. The van der Waals surface area contributed by atoms with Crippen LogP contribution in [0.15, 0.2) is 28.8 Å². The number of nitrogens with one attached hydrogen (secondary N) is 1. The molecule has 120 valence electrons. The predicted octanol–water partition coefficient (Wildman–Crippen LogP) is 4.08. The Bertz CT molecular complexity index is 874. The minimum Gasteiger partial charge on any atom is -0.361 e. The summed E-state index contributed by atoms with van der Waals surface area (Å²) >= 11 is 0. The zero-order chi connectivity index (χ0) is 16.6. The van der Waals surface area contributed by atoms with Crippen molar-refractivity contribution in [1.29, 1.82) is 0 Å². The number of aromatic nitrogens is 2. The van der Waals surface area contributed by atoms with E-state index in [4.69, 9.17) is 4.52 Å². The third-order valence-corrected chi connectivity index (χ3v) is 4.18. The number of anilines is 1. The van der Waals surface area contributed by atoms with Gasteiger partial charge in [0.05, 0.1) is 5.69 Å². The van der Waals surface area contributed by atoms with Gasteiger partial charge >= 0.3 is 0 Å². The minimum atomic E-state index is -0.174. The molecule has 0 saturated heterocycles. The molecule has 0 aliphatic carbocycles. The van der Waals surface area contributed by atoms with Crippen molar-refractivity contribution in [2.24, 2.45) is 0 Å². The zero-order valence-electron chi connectivity index (χ0n) is 13.9. The first-order valence-electron chi connectivity index (χ1n) is 7.91. The van der Waals surface area contributed by atoms with Crippen LogP contribution in [0, 0.1) is 13.8 Å². The van der Waals surface area contributed by atoms with Crippen LogP contribution in [-0.4, -0.2) is 15.6 Å². The van der Waals surface area contributed by atoms with Crippen LogP contribution < -0.4 is 5.32 Å². The van der Waals surface area contributed by atoms with Gasteiger partial charge in [0.25, 0.3) is 5.91 Å². The fourth-order valence-electron chi connectivity index (χ4n) is 3.05. The smallest absolute Gasteiger partial charge is 0.261 e. The van der Waals surface area contributed by atoms with Crippen molar-refractivity contribution in [3.05, 3.63) is 47.0 Å². The average molecular weight is 311 g/mol. The molecule has 5 heteroatoms. The van der Waals surface area contributed by atoms with Crippen molar-refractivity contribution >= 4 is 22.5 Å². The molecule has 0 spiro atoms. The predicted molar refractivity (Wildman–Crippen MR) is 90.9 cm³/mol. The van der Waals surface area contributed by atoms with E-state index in [1.165, 1.54) is 11.2 Å². The lowest BCUT2D eigenvalue weighted by molar-refractivity contribution is 0.102. The van der Waals surface area contributed by atoms with Gasteiger partial charge in [-0.25, -0.2) is 0 Å². The fraction of sp³-hybridized carbons (Fsp3) is 0.333. The molecule has 0 aliphatic heterocycles. The van der Waals surface area contributed by atoms with E-state index in [0.717, 1.165) is 17.6 Å². The summed E-state index contributed by atoms with van der Waals surface area (Å²) in [5, 5.41) is 8.01. The maximum Gasteiger partial charge on any atom is 0.261 e. The monoisotopic (exact) mass is 311 g/mol. The van der Waals surface area contributed by atoms with Gasteiger partial charge in [0.1, 0.15) is 11.3 Å². The van der Waals surface area contributed by atoms with E-state index in [0.29, 0.717) is 23.4 Å². The lowest BCUT2D eigenvalue weighted by Gasteiger charge is -2.07. The van der Waals surface area contributed by atoms with Crippen molar-refractivity contribution in [1.82, 2.24) is 9.72 Å². The highest BCUT2D eigenvalue weighted by atomic mass is 16.5. The van der Waals surface area contributed by atoms with E-state index in [1.807, 2.05) is 25.1 Å². The van der Waals surface area contributed by atoms with Crippen molar-refractivity contribution < 1.29 is 9.32 Å². The maximum atomic E-state index is 12.5. The molecule has 1 amide bonds. The van der Waals surface area contributed by atoms with Crippen LogP contribution in [0.25, 0.3) is 10.9 Å². The lowest BCUT2D eigenvalue weighted by Crippen LogP contribution is -2.14. The molecule has 23 heavy (non-hydrogen) atoms. The van der Waals surface area contributed by atoms with E-state index in [-0.39, 0.29) is 5.91 Å². The Morgan fingerprint density at radius 2 is 2.04 bits per heavy atom. The highest BCUT2D eigenvalue weighted by Gasteiger charge is 2.19. The molecule has 0 fully saturated rings. The van der Waals surface area contributed by atoms with Gasteiger partial charge in [0.15, 0.2) is 0 Å². The van der Waals surface area contributed by atoms with Crippen molar-refractivity contribution in [3.8, 4) is 0 Å². The summed E-state index contributed by atoms with van der Waals surface area (Å²) in [7, 11) is 0. The van der Waals surface area contributed by atoms with Crippen LogP contribution in [0.2, 0.25) is 0 Å². The zero-order valence-corrected chi connectivity index (χ0v) is 13.9. The topological polar surface area (TPSA) is 60.1 Å². The molecule has 0 radical (unpaired) electrons. The average Bonchev–Trinajstić information content (AvgIpc) is 3.05. The van der Waals surface area contributed by atoms with Gasteiger partial charge in [-0.2, -0.15) is 0 Å². The minimum absolute atomic E-state index is 0.174.